The van der Waals surface area contributed by atoms with Crippen LogP contribution in [0.4, 0.5) is 0 Å². The van der Waals surface area contributed by atoms with Crippen LogP contribution in [0.15, 0.2) is 41.1 Å². The number of rotatable bonds is 6. The van der Waals surface area contributed by atoms with E-state index >= 15 is 0 Å². The van der Waals surface area contributed by atoms with Crippen molar-refractivity contribution in [2.24, 2.45) is 0 Å². The van der Waals surface area contributed by atoms with E-state index in [0.29, 0.717) is 12.3 Å². The van der Waals surface area contributed by atoms with E-state index in [-0.39, 0.29) is 6.61 Å². The lowest BCUT2D eigenvalue weighted by Gasteiger charge is -2.02. The average Bonchev–Trinajstić information content (AvgIpc) is 2.84. The van der Waals surface area contributed by atoms with E-state index in [2.05, 4.69) is 16.4 Å². The van der Waals surface area contributed by atoms with Crippen molar-refractivity contribution in [3.63, 3.8) is 0 Å². The van der Waals surface area contributed by atoms with Crippen LogP contribution >= 0.6 is 0 Å². The van der Waals surface area contributed by atoms with Crippen LogP contribution in [0, 0.1) is 0 Å². The average molecular weight is 232 g/mol. The highest BCUT2D eigenvalue weighted by atomic mass is 16.4. The lowest BCUT2D eigenvalue weighted by Crippen LogP contribution is -2.16. The Labute approximate surface area is 100 Å². The Morgan fingerprint density at radius 1 is 1.24 bits per heavy atom. The Bertz CT molecular complexity index is 440. The van der Waals surface area contributed by atoms with Gasteiger partial charge in [-0.2, -0.15) is 0 Å². The highest BCUT2D eigenvalue weighted by molar-refractivity contribution is 5.09. The summed E-state index contributed by atoms with van der Waals surface area (Å²) in [6.45, 7) is 1.51. The fourth-order valence-electron chi connectivity index (χ4n) is 1.59. The number of aliphatic hydroxyl groups is 1. The van der Waals surface area contributed by atoms with E-state index < -0.39 is 0 Å². The minimum Gasteiger partial charge on any atom is -0.462 e. The summed E-state index contributed by atoms with van der Waals surface area (Å²) in [6.07, 6.45) is 4.59. The van der Waals surface area contributed by atoms with Crippen LogP contribution in [0.3, 0.4) is 0 Å². The highest BCUT2D eigenvalue weighted by Crippen LogP contribution is 2.07. The Kier molecular flexibility index (Phi) is 4.30. The van der Waals surface area contributed by atoms with Crippen LogP contribution < -0.4 is 5.32 Å². The van der Waals surface area contributed by atoms with E-state index in [9.17, 15) is 0 Å². The molecule has 4 nitrogen and oxygen atoms in total. The van der Waals surface area contributed by atoms with Crippen molar-refractivity contribution in [1.29, 1.82) is 0 Å². The first kappa shape index (κ1) is 11.8. The molecule has 0 radical (unpaired) electrons. The van der Waals surface area contributed by atoms with Crippen molar-refractivity contribution < 1.29 is 9.52 Å². The number of aromatic nitrogens is 1. The zero-order valence-electron chi connectivity index (χ0n) is 9.60. The Hall–Kier alpha value is -1.65. The molecule has 0 unspecified atom stereocenters. The fourth-order valence-corrected chi connectivity index (χ4v) is 1.59. The van der Waals surface area contributed by atoms with E-state index in [4.69, 9.17) is 9.52 Å². The summed E-state index contributed by atoms with van der Waals surface area (Å²) in [4.78, 5) is 4.06. The molecule has 4 heteroatoms. The van der Waals surface area contributed by atoms with Gasteiger partial charge in [0.2, 0.25) is 0 Å². The van der Waals surface area contributed by atoms with Gasteiger partial charge in [-0.3, -0.25) is 4.98 Å². The van der Waals surface area contributed by atoms with Crippen molar-refractivity contribution in [1.82, 2.24) is 10.3 Å². The Morgan fingerprint density at radius 2 is 2.12 bits per heavy atom. The minimum absolute atomic E-state index is 0.0459. The first-order valence-corrected chi connectivity index (χ1v) is 5.66. The molecule has 2 rings (SSSR count). The summed E-state index contributed by atoms with van der Waals surface area (Å²) in [5, 5.41) is 12.1. The molecule has 0 aliphatic rings. The van der Waals surface area contributed by atoms with E-state index in [1.165, 1.54) is 5.56 Å². The topological polar surface area (TPSA) is 58.3 Å². The van der Waals surface area contributed by atoms with Gasteiger partial charge in [-0.15, -0.1) is 0 Å². The highest BCUT2D eigenvalue weighted by Gasteiger charge is 2.00. The molecule has 0 aliphatic heterocycles. The second-order valence-corrected chi connectivity index (χ2v) is 3.81. The maximum atomic E-state index is 8.85. The third-order valence-electron chi connectivity index (χ3n) is 2.49. The standard InChI is InChI=1S/C13H16N2O2/c16-10-13-4-3-12(17-13)9-15-7-5-11-2-1-6-14-8-11/h1-4,6,8,15-16H,5,7,9-10H2. The third kappa shape index (κ3) is 3.69. The number of hydrogen-bond acceptors (Lipinski definition) is 4. The molecule has 2 heterocycles. The quantitative estimate of drug-likeness (QED) is 0.741. The van der Waals surface area contributed by atoms with Crippen molar-refractivity contribution in [3.8, 4) is 0 Å². The predicted octanol–water partition coefficient (Wildman–Crippen LogP) is 1.50. The van der Waals surface area contributed by atoms with Gasteiger partial charge in [0.05, 0.1) is 6.54 Å². The molecule has 0 fully saturated rings. The maximum Gasteiger partial charge on any atom is 0.129 e. The molecular weight excluding hydrogens is 216 g/mol. The Balaban J connectivity index is 1.69. The van der Waals surface area contributed by atoms with Gasteiger partial charge in [-0.05, 0) is 36.7 Å². The largest absolute Gasteiger partial charge is 0.462 e. The molecule has 0 saturated heterocycles. The lowest BCUT2D eigenvalue weighted by molar-refractivity contribution is 0.243. The molecule has 2 aromatic rings. The van der Waals surface area contributed by atoms with Crippen molar-refractivity contribution in [2.45, 2.75) is 19.6 Å². The van der Waals surface area contributed by atoms with Gasteiger partial charge < -0.3 is 14.8 Å². The molecule has 0 bridgehead atoms. The van der Waals surface area contributed by atoms with Crippen molar-refractivity contribution in [2.75, 3.05) is 6.54 Å². The van der Waals surface area contributed by atoms with Crippen LogP contribution in [-0.4, -0.2) is 16.6 Å². The van der Waals surface area contributed by atoms with Crippen LogP contribution in [0.1, 0.15) is 17.1 Å². The van der Waals surface area contributed by atoms with E-state index in [1.807, 2.05) is 18.3 Å². The molecule has 0 atom stereocenters. The van der Waals surface area contributed by atoms with E-state index in [1.54, 1.807) is 12.3 Å². The van der Waals surface area contributed by atoms with Crippen molar-refractivity contribution in [3.05, 3.63) is 53.7 Å². The monoisotopic (exact) mass is 232 g/mol. The fraction of sp³-hybridized carbons (Fsp3) is 0.308. The first-order chi connectivity index (χ1) is 8.38. The number of nitrogens with zero attached hydrogens (tertiary/aromatic N) is 1. The molecule has 0 spiro atoms. The molecule has 90 valence electrons. The SMILES string of the molecule is OCc1ccc(CNCCc2cccnc2)o1. The summed E-state index contributed by atoms with van der Waals surface area (Å²) in [5.41, 5.74) is 1.22. The number of hydrogen-bond donors (Lipinski definition) is 2. The maximum absolute atomic E-state index is 8.85. The predicted molar refractivity (Wildman–Crippen MR) is 64.3 cm³/mol. The molecule has 2 N–H and O–H groups in total. The molecule has 17 heavy (non-hydrogen) atoms. The van der Waals surface area contributed by atoms with Gasteiger partial charge in [0, 0.05) is 12.4 Å². The zero-order chi connectivity index (χ0) is 11.9. The number of aliphatic hydroxyl groups excluding tert-OH is 1. The van der Waals surface area contributed by atoms with Crippen LogP contribution in [-0.2, 0) is 19.6 Å². The van der Waals surface area contributed by atoms with Crippen molar-refractivity contribution >= 4 is 0 Å². The van der Waals surface area contributed by atoms with Gasteiger partial charge in [0.15, 0.2) is 0 Å². The summed E-state index contributed by atoms with van der Waals surface area (Å²) in [6, 6.07) is 7.67. The van der Waals surface area contributed by atoms with Gasteiger partial charge in [-0.1, -0.05) is 6.07 Å². The number of furan rings is 1. The zero-order valence-corrected chi connectivity index (χ0v) is 9.60. The van der Waals surface area contributed by atoms with Gasteiger partial charge >= 0.3 is 0 Å². The second-order valence-electron chi connectivity index (χ2n) is 3.81. The summed E-state index contributed by atoms with van der Waals surface area (Å²) in [7, 11) is 0. The van der Waals surface area contributed by atoms with Gasteiger partial charge in [0.1, 0.15) is 18.1 Å². The molecular formula is C13H16N2O2. The lowest BCUT2D eigenvalue weighted by atomic mass is 10.2. The molecule has 0 aliphatic carbocycles. The molecule has 0 aromatic carbocycles. The second kappa shape index (κ2) is 6.18. The number of nitrogens with one attached hydrogen (secondary N) is 1. The van der Waals surface area contributed by atoms with E-state index in [0.717, 1.165) is 18.7 Å². The van der Waals surface area contributed by atoms with Gasteiger partial charge in [0.25, 0.3) is 0 Å². The third-order valence-corrected chi connectivity index (χ3v) is 2.49. The minimum atomic E-state index is -0.0459. The van der Waals surface area contributed by atoms with Crippen LogP contribution in [0.5, 0.6) is 0 Å². The number of pyridine rings is 1. The van der Waals surface area contributed by atoms with Gasteiger partial charge in [-0.25, -0.2) is 0 Å². The smallest absolute Gasteiger partial charge is 0.129 e. The summed E-state index contributed by atoms with van der Waals surface area (Å²) < 4.78 is 5.36. The summed E-state index contributed by atoms with van der Waals surface area (Å²) >= 11 is 0. The molecule has 0 amide bonds. The van der Waals surface area contributed by atoms with Crippen LogP contribution in [0.25, 0.3) is 0 Å². The molecule has 2 aromatic heterocycles. The van der Waals surface area contributed by atoms with Crippen LogP contribution in [0.2, 0.25) is 0 Å². The first-order valence-electron chi connectivity index (χ1n) is 5.66. The normalized spacial score (nSPS) is 10.6. The summed E-state index contributed by atoms with van der Waals surface area (Å²) in [5.74, 6) is 1.45. The molecule has 0 saturated carbocycles. The Morgan fingerprint density at radius 3 is 2.82 bits per heavy atom.